The molecule has 100 valence electrons. The second-order valence-electron chi connectivity index (χ2n) is 4.28. The van der Waals surface area contributed by atoms with Gasteiger partial charge in [-0.15, -0.1) is 12.4 Å². The molecule has 0 fully saturated rings. The van der Waals surface area contributed by atoms with E-state index in [0.29, 0.717) is 5.90 Å². The van der Waals surface area contributed by atoms with E-state index in [-0.39, 0.29) is 18.3 Å². The lowest BCUT2D eigenvalue weighted by molar-refractivity contribution is 0.380. The van der Waals surface area contributed by atoms with Crippen molar-refractivity contribution in [3.63, 3.8) is 0 Å². The van der Waals surface area contributed by atoms with Crippen LogP contribution in [0.15, 0.2) is 54.6 Å². The summed E-state index contributed by atoms with van der Waals surface area (Å²) in [5, 5.41) is 7.68. The van der Waals surface area contributed by atoms with Crippen molar-refractivity contribution in [2.24, 2.45) is 0 Å². The van der Waals surface area contributed by atoms with Crippen molar-refractivity contribution in [2.45, 2.75) is 12.8 Å². The van der Waals surface area contributed by atoms with Crippen LogP contribution in [0.25, 0.3) is 11.1 Å². The number of methoxy groups -OCH3 is 1. The van der Waals surface area contributed by atoms with E-state index in [9.17, 15) is 0 Å². The number of benzene rings is 2. The van der Waals surface area contributed by atoms with Gasteiger partial charge in [0.05, 0.1) is 13.0 Å². The second-order valence-corrected chi connectivity index (χ2v) is 4.28. The Balaban J connectivity index is 0.00000180. The van der Waals surface area contributed by atoms with Crippen LogP contribution in [-0.2, 0) is 4.74 Å². The Morgan fingerprint density at radius 3 is 2.00 bits per heavy atom. The van der Waals surface area contributed by atoms with E-state index >= 15 is 0 Å². The molecule has 0 bridgehead atoms. The van der Waals surface area contributed by atoms with Crippen LogP contribution in [0, 0.1) is 5.41 Å². The number of halogens is 1. The highest BCUT2D eigenvalue weighted by Crippen LogP contribution is 2.23. The van der Waals surface area contributed by atoms with Gasteiger partial charge in [0, 0.05) is 0 Å². The summed E-state index contributed by atoms with van der Waals surface area (Å²) < 4.78 is 4.96. The second kappa shape index (κ2) is 6.95. The Hall–Kier alpha value is -1.80. The van der Waals surface area contributed by atoms with E-state index in [1.807, 2.05) is 25.1 Å². The summed E-state index contributed by atoms with van der Waals surface area (Å²) in [5.74, 6) is 0.294. The van der Waals surface area contributed by atoms with Crippen molar-refractivity contribution in [1.29, 1.82) is 5.41 Å². The molecule has 0 spiro atoms. The average Bonchev–Trinajstić information content (AvgIpc) is 2.47. The normalized spacial score (nSPS) is 11.3. The van der Waals surface area contributed by atoms with E-state index in [2.05, 4.69) is 36.4 Å². The topological polar surface area (TPSA) is 33.1 Å². The van der Waals surface area contributed by atoms with Crippen LogP contribution in [-0.4, -0.2) is 13.0 Å². The van der Waals surface area contributed by atoms with Crippen LogP contribution in [0.2, 0.25) is 0 Å². The molecule has 2 aromatic carbocycles. The molecular formula is C16H18ClNO. The third-order valence-electron chi connectivity index (χ3n) is 3.13. The summed E-state index contributed by atoms with van der Waals surface area (Å²) in [6.45, 7) is 1.98. The first-order valence-electron chi connectivity index (χ1n) is 6.00. The van der Waals surface area contributed by atoms with Gasteiger partial charge in [0.25, 0.3) is 0 Å². The highest BCUT2D eigenvalue weighted by atomic mass is 35.5. The van der Waals surface area contributed by atoms with E-state index in [4.69, 9.17) is 10.1 Å². The van der Waals surface area contributed by atoms with Crippen molar-refractivity contribution in [3.8, 4) is 11.1 Å². The summed E-state index contributed by atoms with van der Waals surface area (Å²) in [5.41, 5.74) is 3.50. The van der Waals surface area contributed by atoms with Crippen molar-refractivity contribution in [2.75, 3.05) is 7.11 Å². The lowest BCUT2D eigenvalue weighted by Crippen LogP contribution is -2.09. The predicted molar refractivity (Wildman–Crippen MR) is 82.3 cm³/mol. The van der Waals surface area contributed by atoms with Gasteiger partial charge in [-0.1, -0.05) is 54.6 Å². The molecule has 1 atom stereocenters. The summed E-state index contributed by atoms with van der Waals surface area (Å²) in [4.78, 5) is 0. The maximum atomic E-state index is 7.68. The molecule has 0 aliphatic rings. The maximum absolute atomic E-state index is 7.68. The molecule has 0 radical (unpaired) electrons. The SMILES string of the molecule is COC(=N)C(C)c1ccc(-c2ccccc2)cc1.Cl. The Labute approximate surface area is 120 Å². The molecule has 0 amide bonds. The molecule has 0 aromatic heterocycles. The van der Waals surface area contributed by atoms with Crippen LogP contribution >= 0.6 is 12.4 Å². The Morgan fingerprint density at radius 1 is 0.947 bits per heavy atom. The molecule has 0 aliphatic heterocycles. The summed E-state index contributed by atoms with van der Waals surface area (Å²) in [6.07, 6.45) is 0. The van der Waals surface area contributed by atoms with Gasteiger partial charge in [-0.3, -0.25) is 5.41 Å². The minimum absolute atomic E-state index is 0. The molecular weight excluding hydrogens is 258 g/mol. The van der Waals surface area contributed by atoms with Gasteiger partial charge in [-0.2, -0.15) is 0 Å². The maximum Gasteiger partial charge on any atom is 0.187 e. The zero-order valence-electron chi connectivity index (χ0n) is 11.1. The van der Waals surface area contributed by atoms with Crippen LogP contribution in [0.4, 0.5) is 0 Å². The number of hydrogen-bond acceptors (Lipinski definition) is 2. The number of hydrogen-bond donors (Lipinski definition) is 1. The quantitative estimate of drug-likeness (QED) is 0.649. The van der Waals surface area contributed by atoms with Gasteiger partial charge in [0.1, 0.15) is 0 Å². The summed E-state index contributed by atoms with van der Waals surface area (Å²) in [6, 6.07) is 18.6. The van der Waals surface area contributed by atoms with Crippen molar-refractivity contribution < 1.29 is 4.74 Å². The Bertz CT molecular complexity index is 522. The minimum atomic E-state index is -0.000164. The fraction of sp³-hybridized carbons (Fsp3) is 0.188. The fourth-order valence-corrected chi connectivity index (χ4v) is 1.92. The molecule has 2 rings (SSSR count). The van der Waals surface area contributed by atoms with Gasteiger partial charge in [-0.05, 0) is 23.6 Å². The standard InChI is InChI=1S/C16H17NO.ClH/c1-12(16(17)18-2)13-8-10-15(11-9-13)14-6-4-3-5-7-14;/h3-12,17H,1-2H3;1H. The molecule has 3 heteroatoms. The molecule has 0 heterocycles. The molecule has 0 aliphatic carbocycles. The molecule has 2 nitrogen and oxygen atoms in total. The van der Waals surface area contributed by atoms with Crippen LogP contribution in [0.3, 0.4) is 0 Å². The van der Waals surface area contributed by atoms with Crippen LogP contribution in [0.1, 0.15) is 18.4 Å². The summed E-state index contributed by atoms with van der Waals surface area (Å²) in [7, 11) is 1.54. The van der Waals surface area contributed by atoms with E-state index in [1.54, 1.807) is 0 Å². The molecule has 1 unspecified atom stereocenters. The molecule has 1 N–H and O–H groups in total. The number of nitrogens with one attached hydrogen (secondary N) is 1. The third kappa shape index (κ3) is 3.58. The first-order chi connectivity index (χ1) is 8.72. The van der Waals surface area contributed by atoms with Crippen LogP contribution in [0.5, 0.6) is 0 Å². The zero-order valence-corrected chi connectivity index (χ0v) is 11.9. The van der Waals surface area contributed by atoms with E-state index in [0.717, 1.165) is 5.56 Å². The monoisotopic (exact) mass is 275 g/mol. The van der Waals surface area contributed by atoms with Gasteiger partial charge in [-0.25, -0.2) is 0 Å². The van der Waals surface area contributed by atoms with Crippen molar-refractivity contribution in [1.82, 2.24) is 0 Å². The first-order valence-corrected chi connectivity index (χ1v) is 6.00. The van der Waals surface area contributed by atoms with Gasteiger partial charge in [0.2, 0.25) is 0 Å². The lowest BCUT2D eigenvalue weighted by Gasteiger charge is -2.12. The highest BCUT2D eigenvalue weighted by molar-refractivity contribution is 5.85. The van der Waals surface area contributed by atoms with Crippen LogP contribution < -0.4 is 0 Å². The van der Waals surface area contributed by atoms with Crippen molar-refractivity contribution >= 4 is 18.3 Å². The average molecular weight is 276 g/mol. The summed E-state index contributed by atoms with van der Waals surface area (Å²) >= 11 is 0. The van der Waals surface area contributed by atoms with Gasteiger partial charge >= 0.3 is 0 Å². The number of ether oxygens (including phenoxy) is 1. The zero-order chi connectivity index (χ0) is 13.0. The largest absolute Gasteiger partial charge is 0.484 e. The Kier molecular flexibility index (Phi) is 5.58. The number of rotatable bonds is 3. The molecule has 0 saturated heterocycles. The van der Waals surface area contributed by atoms with Gasteiger partial charge in [0.15, 0.2) is 5.90 Å². The Morgan fingerprint density at radius 2 is 1.47 bits per heavy atom. The fourth-order valence-electron chi connectivity index (χ4n) is 1.92. The molecule has 0 saturated carbocycles. The van der Waals surface area contributed by atoms with Crippen molar-refractivity contribution in [3.05, 3.63) is 60.2 Å². The lowest BCUT2D eigenvalue weighted by atomic mass is 9.97. The first kappa shape index (κ1) is 15.3. The van der Waals surface area contributed by atoms with E-state index < -0.39 is 0 Å². The minimum Gasteiger partial charge on any atom is -0.484 e. The van der Waals surface area contributed by atoms with Gasteiger partial charge < -0.3 is 4.74 Å². The smallest absolute Gasteiger partial charge is 0.187 e. The highest BCUT2D eigenvalue weighted by Gasteiger charge is 2.11. The van der Waals surface area contributed by atoms with E-state index in [1.165, 1.54) is 18.2 Å². The predicted octanol–water partition coefficient (Wildman–Crippen LogP) is 4.50. The molecule has 2 aromatic rings. The molecule has 19 heavy (non-hydrogen) atoms. The third-order valence-corrected chi connectivity index (χ3v) is 3.13.